The van der Waals surface area contributed by atoms with E-state index in [-0.39, 0.29) is 12.4 Å². The molecule has 2 heterocycles. The van der Waals surface area contributed by atoms with Crippen LogP contribution in [0.25, 0.3) is 5.69 Å². The van der Waals surface area contributed by atoms with Gasteiger partial charge in [-0.05, 0) is 55.6 Å². The van der Waals surface area contributed by atoms with Crippen LogP contribution < -0.4 is 4.72 Å². The van der Waals surface area contributed by atoms with E-state index in [9.17, 15) is 12.8 Å². The first-order chi connectivity index (χ1) is 14.6. The van der Waals surface area contributed by atoms with Crippen molar-refractivity contribution in [2.75, 3.05) is 13.1 Å². The lowest BCUT2D eigenvalue weighted by Gasteiger charge is -2.31. The summed E-state index contributed by atoms with van der Waals surface area (Å²) in [7, 11) is -2.74. The number of thiol groups is 1. The number of likely N-dealkylation sites (tertiary alicyclic amines) is 1. The van der Waals surface area contributed by atoms with Gasteiger partial charge in [0, 0.05) is 18.7 Å². The van der Waals surface area contributed by atoms with E-state index in [1.54, 1.807) is 10.7 Å². The summed E-state index contributed by atoms with van der Waals surface area (Å²) in [5.74, 6) is -0.0522. The Hall–Kier alpha value is -2.62. The molecule has 0 saturated carbocycles. The summed E-state index contributed by atoms with van der Waals surface area (Å²) >= 11 is 0. The molecule has 0 unspecified atom stereocenters. The Morgan fingerprint density at radius 2 is 1.87 bits per heavy atom. The van der Waals surface area contributed by atoms with Gasteiger partial charge in [-0.2, -0.15) is 0 Å². The molecule has 0 amide bonds. The van der Waals surface area contributed by atoms with Crippen molar-refractivity contribution < 1.29 is 12.8 Å². The zero-order chi connectivity index (χ0) is 20.9. The van der Waals surface area contributed by atoms with Gasteiger partial charge in [0.25, 0.3) is 0 Å². The number of nitrogens with zero attached hydrogens (tertiary/aromatic N) is 4. The lowest BCUT2D eigenvalue weighted by atomic mass is 9.88. The van der Waals surface area contributed by atoms with E-state index in [4.69, 9.17) is 0 Å². The number of nitrogens with one attached hydrogen (secondary N) is 1. The van der Waals surface area contributed by atoms with Gasteiger partial charge in [0.05, 0.1) is 17.6 Å². The Balaban J connectivity index is 1.34. The maximum atomic E-state index is 14.0. The Morgan fingerprint density at radius 3 is 2.60 bits per heavy atom. The van der Waals surface area contributed by atoms with Crippen LogP contribution in [0.1, 0.15) is 35.6 Å². The monoisotopic (exact) mass is 429 g/mol. The highest BCUT2D eigenvalue weighted by atomic mass is 32.2. The van der Waals surface area contributed by atoms with Crippen LogP contribution in [0.4, 0.5) is 4.39 Å². The van der Waals surface area contributed by atoms with Crippen LogP contribution in [0.5, 0.6) is 0 Å². The van der Waals surface area contributed by atoms with E-state index in [1.165, 1.54) is 6.07 Å². The van der Waals surface area contributed by atoms with E-state index in [2.05, 4.69) is 19.9 Å². The van der Waals surface area contributed by atoms with Crippen molar-refractivity contribution in [1.29, 1.82) is 0 Å². The third-order valence-corrected chi connectivity index (χ3v) is 5.89. The molecule has 0 spiro atoms. The number of hydrogen-bond acceptors (Lipinski definition) is 5. The van der Waals surface area contributed by atoms with Gasteiger partial charge in [-0.15, -0.1) is 5.10 Å². The molecular formula is C21H24FN5O2S. The lowest BCUT2D eigenvalue weighted by Crippen LogP contribution is -2.32. The molecule has 7 nitrogen and oxygen atoms in total. The van der Waals surface area contributed by atoms with Crippen LogP contribution in [0.15, 0.2) is 54.7 Å². The largest absolute Gasteiger partial charge is 0.297 e. The summed E-state index contributed by atoms with van der Waals surface area (Å²) in [6.07, 6.45) is 3.88. The highest BCUT2D eigenvalue weighted by molar-refractivity contribution is 7.70. The van der Waals surface area contributed by atoms with E-state index >= 15 is 0 Å². The molecule has 30 heavy (non-hydrogen) atoms. The maximum Gasteiger partial charge on any atom is 0.201 e. The van der Waals surface area contributed by atoms with Crippen molar-refractivity contribution in [2.24, 2.45) is 0 Å². The first kappa shape index (κ1) is 20.6. The van der Waals surface area contributed by atoms with E-state index < -0.39 is 10.9 Å². The predicted octanol–water partition coefficient (Wildman–Crippen LogP) is 2.40. The molecule has 4 rings (SSSR count). The molecule has 0 aliphatic carbocycles. The van der Waals surface area contributed by atoms with E-state index in [0.29, 0.717) is 11.5 Å². The second-order valence-corrected chi connectivity index (χ2v) is 8.31. The highest BCUT2D eigenvalue weighted by Crippen LogP contribution is 2.29. The SMILES string of the molecule is O=[SH](=O)NCc1cc(C2CCN(Cc3cn(-c4ccccc4)nn3)CC2)ccc1F. The van der Waals surface area contributed by atoms with Crippen molar-refractivity contribution in [2.45, 2.75) is 31.8 Å². The normalized spacial score (nSPS) is 15.7. The van der Waals surface area contributed by atoms with Crippen LogP contribution in [0.3, 0.4) is 0 Å². The van der Waals surface area contributed by atoms with Crippen molar-refractivity contribution in [3.63, 3.8) is 0 Å². The summed E-state index contributed by atoms with van der Waals surface area (Å²) in [6, 6.07) is 14.9. The lowest BCUT2D eigenvalue weighted by molar-refractivity contribution is 0.202. The molecule has 0 radical (unpaired) electrons. The minimum absolute atomic E-state index is 0.0195. The molecular weight excluding hydrogens is 405 g/mol. The minimum atomic E-state index is -2.74. The molecule has 1 N–H and O–H groups in total. The van der Waals surface area contributed by atoms with Gasteiger partial charge in [0.1, 0.15) is 5.82 Å². The summed E-state index contributed by atoms with van der Waals surface area (Å²) < 4.78 is 39.5. The average molecular weight is 430 g/mol. The summed E-state index contributed by atoms with van der Waals surface area (Å²) in [4.78, 5) is 2.35. The fraction of sp³-hybridized carbons (Fsp3) is 0.333. The number of halogens is 1. The van der Waals surface area contributed by atoms with Gasteiger partial charge in [-0.1, -0.05) is 35.5 Å². The molecule has 0 bridgehead atoms. The summed E-state index contributed by atoms with van der Waals surface area (Å²) in [5.41, 5.74) is 3.35. The third kappa shape index (κ3) is 5.10. The Bertz CT molecular complexity index is 1050. The molecule has 1 aliphatic rings. The van der Waals surface area contributed by atoms with Gasteiger partial charge in [0.2, 0.25) is 10.9 Å². The average Bonchev–Trinajstić information content (AvgIpc) is 3.23. The van der Waals surface area contributed by atoms with Crippen molar-refractivity contribution in [3.05, 3.63) is 77.4 Å². The number of benzene rings is 2. The zero-order valence-corrected chi connectivity index (χ0v) is 17.3. The molecule has 0 atom stereocenters. The summed E-state index contributed by atoms with van der Waals surface area (Å²) in [6.45, 7) is 2.56. The van der Waals surface area contributed by atoms with Gasteiger partial charge in [-0.3, -0.25) is 4.90 Å². The molecule has 1 saturated heterocycles. The first-order valence-corrected chi connectivity index (χ1v) is 11.1. The van der Waals surface area contributed by atoms with Crippen LogP contribution >= 0.6 is 0 Å². The fourth-order valence-electron chi connectivity index (χ4n) is 3.87. The second kappa shape index (κ2) is 9.46. The summed E-state index contributed by atoms with van der Waals surface area (Å²) in [5, 5.41) is 8.51. The Kier molecular flexibility index (Phi) is 6.51. The Labute approximate surface area is 176 Å². The van der Waals surface area contributed by atoms with E-state index in [1.807, 2.05) is 42.6 Å². The zero-order valence-electron chi connectivity index (χ0n) is 16.4. The van der Waals surface area contributed by atoms with Crippen LogP contribution in [-0.4, -0.2) is 41.4 Å². The molecule has 1 aromatic heterocycles. The fourth-order valence-corrected chi connectivity index (χ4v) is 4.16. The molecule has 2 aromatic carbocycles. The molecule has 1 aliphatic heterocycles. The van der Waals surface area contributed by atoms with Crippen LogP contribution in [0.2, 0.25) is 0 Å². The predicted molar refractivity (Wildman–Crippen MR) is 112 cm³/mol. The topological polar surface area (TPSA) is 80.1 Å². The maximum absolute atomic E-state index is 14.0. The van der Waals surface area contributed by atoms with Crippen LogP contribution in [-0.2, 0) is 24.0 Å². The number of rotatable bonds is 7. The Morgan fingerprint density at radius 1 is 1.10 bits per heavy atom. The van der Waals surface area contributed by atoms with Gasteiger partial charge in [-0.25, -0.2) is 22.2 Å². The molecule has 1 fully saturated rings. The van der Waals surface area contributed by atoms with Crippen molar-refractivity contribution in [1.82, 2.24) is 24.6 Å². The number of para-hydroxylation sites is 1. The number of aromatic nitrogens is 3. The first-order valence-electron chi connectivity index (χ1n) is 9.94. The number of piperidine rings is 1. The molecule has 158 valence electrons. The van der Waals surface area contributed by atoms with Gasteiger partial charge < -0.3 is 0 Å². The van der Waals surface area contributed by atoms with Crippen molar-refractivity contribution in [3.8, 4) is 5.69 Å². The highest BCUT2D eigenvalue weighted by Gasteiger charge is 2.22. The van der Waals surface area contributed by atoms with E-state index in [0.717, 1.165) is 49.4 Å². The third-order valence-electron chi connectivity index (χ3n) is 5.47. The van der Waals surface area contributed by atoms with Crippen LogP contribution in [0, 0.1) is 5.82 Å². The molecule has 9 heteroatoms. The second-order valence-electron chi connectivity index (χ2n) is 7.48. The van der Waals surface area contributed by atoms with Gasteiger partial charge >= 0.3 is 0 Å². The van der Waals surface area contributed by atoms with Crippen molar-refractivity contribution >= 4 is 10.9 Å². The molecule has 3 aromatic rings. The minimum Gasteiger partial charge on any atom is -0.297 e. The smallest absolute Gasteiger partial charge is 0.201 e. The quantitative estimate of drug-likeness (QED) is 0.564. The van der Waals surface area contributed by atoms with Gasteiger partial charge in [0.15, 0.2) is 0 Å². The number of hydrogen-bond donors (Lipinski definition) is 2. The standard InChI is InChI=1S/C21H24FN5O2S/c22-21-7-6-17(12-18(21)13-23-30(28)29)16-8-10-26(11-9-16)14-19-15-27(25-24-19)20-4-2-1-3-5-20/h1-7,12,15-16,30H,8-11,13-14H2,(H,23,28,29).